The fourth-order valence-electron chi connectivity index (χ4n) is 3.52. The number of hydrogen-bond acceptors (Lipinski definition) is 5. The van der Waals surface area contributed by atoms with Crippen LogP contribution in [0.5, 0.6) is 0 Å². The second kappa shape index (κ2) is 7.34. The molecule has 1 aliphatic rings. The molecule has 0 unspecified atom stereocenters. The summed E-state index contributed by atoms with van der Waals surface area (Å²) >= 11 is 0. The first-order chi connectivity index (χ1) is 13.4. The lowest BCUT2D eigenvalue weighted by Gasteiger charge is -2.31. The van der Waals surface area contributed by atoms with Crippen molar-refractivity contribution >= 4 is 5.65 Å². The van der Waals surface area contributed by atoms with Gasteiger partial charge >= 0.3 is 6.18 Å². The van der Waals surface area contributed by atoms with E-state index >= 15 is 0 Å². The van der Waals surface area contributed by atoms with Crippen molar-refractivity contribution in [1.29, 1.82) is 0 Å². The van der Waals surface area contributed by atoms with Crippen molar-refractivity contribution < 1.29 is 13.2 Å². The van der Waals surface area contributed by atoms with Gasteiger partial charge in [-0.15, -0.1) is 10.2 Å². The van der Waals surface area contributed by atoms with Crippen molar-refractivity contribution in [2.45, 2.75) is 32.1 Å². The first-order valence-corrected chi connectivity index (χ1v) is 9.05. The highest BCUT2D eigenvalue weighted by Gasteiger charge is 2.33. The number of pyridine rings is 1. The Hall–Kier alpha value is -2.75. The average molecular weight is 392 g/mol. The van der Waals surface area contributed by atoms with Crippen LogP contribution in [0.4, 0.5) is 13.2 Å². The molecule has 10 heteroatoms. The normalized spacial score (nSPS) is 16.7. The smallest absolute Gasteiger partial charge is 0.299 e. The van der Waals surface area contributed by atoms with Crippen LogP contribution >= 0.6 is 0 Å². The Morgan fingerprint density at radius 3 is 2.64 bits per heavy atom. The molecule has 3 aromatic heterocycles. The van der Waals surface area contributed by atoms with E-state index in [2.05, 4.69) is 20.1 Å². The van der Waals surface area contributed by atoms with Crippen LogP contribution in [0.3, 0.4) is 0 Å². The van der Waals surface area contributed by atoms with Crippen LogP contribution in [-0.2, 0) is 19.3 Å². The molecule has 7 nitrogen and oxygen atoms in total. The third-order valence-electron chi connectivity index (χ3n) is 5.08. The van der Waals surface area contributed by atoms with Crippen molar-refractivity contribution in [3.63, 3.8) is 0 Å². The van der Waals surface area contributed by atoms with Gasteiger partial charge in [0.25, 0.3) is 5.56 Å². The summed E-state index contributed by atoms with van der Waals surface area (Å²) in [4.78, 5) is 17.6. The van der Waals surface area contributed by atoms with Crippen molar-refractivity contribution in [1.82, 2.24) is 29.0 Å². The molecule has 0 bridgehead atoms. The Morgan fingerprint density at radius 2 is 1.93 bits per heavy atom. The number of alkyl halides is 3. The quantitative estimate of drug-likeness (QED) is 0.681. The Bertz CT molecular complexity index is 1020. The number of aromatic nitrogens is 5. The van der Waals surface area contributed by atoms with Gasteiger partial charge in [0.05, 0.1) is 12.9 Å². The fraction of sp³-hybridized carbons (Fsp3) is 0.444. The lowest BCUT2D eigenvalue weighted by Crippen LogP contribution is -2.36. The van der Waals surface area contributed by atoms with Gasteiger partial charge in [-0.3, -0.25) is 18.7 Å². The molecule has 1 fully saturated rings. The van der Waals surface area contributed by atoms with Gasteiger partial charge in [-0.2, -0.15) is 13.2 Å². The molecule has 1 saturated heterocycles. The SMILES string of the molecule is O=c1cc(C(F)(F)F)ncn1CC1CCN(Cc2nnc3ccccn23)CC1. The van der Waals surface area contributed by atoms with E-state index in [1.807, 2.05) is 28.8 Å². The zero-order chi connectivity index (χ0) is 19.7. The molecular formula is C18H19F3N6O. The average Bonchev–Trinajstić information content (AvgIpc) is 3.07. The summed E-state index contributed by atoms with van der Waals surface area (Å²) in [7, 11) is 0. The highest BCUT2D eigenvalue weighted by Crippen LogP contribution is 2.26. The summed E-state index contributed by atoms with van der Waals surface area (Å²) in [6.07, 6.45) is 0.0329. The van der Waals surface area contributed by atoms with Gasteiger partial charge in [0.1, 0.15) is 0 Å². The third-order valence-corrected chi connectivity index (χ3v) is 5.08. The first-order valence-electron chi connectivity index (χ1n) is 9.05. The Kier molecular flexibility index (Phi) is 4.88. The van der Waals surface area contributed by atoms with E-state index in [-0.39, 0.29) is 5.92 Å². The van der Waals surface area contributed by atoms with Gasteiger partial charge in [0, 0.05) is 18.8 Å². The highest BCUT2D eigenvalue weighted by molar-refractivity contribution is 5.36. The molecule has 4 heterocycles. The number of hydrogen-bond donors (Lipinski definition) is 0. The molecule has 0 saturated carbocycles. The maximum atomic E-state index is 12.6. The molecule has 0 spiro atoms. The van der Waals surface area contributed by atoms with Crippen LogP contribution in [-0.4, -0.2) is 42.1 Å². The molecule has 148 valence electrons. The molecule has 0 aromatic carbocycles. The number of halogens is 3. The summed E-state index contributed by atoms with van der Waals surface area (Å²) in [6, 6.07) is 6.31. The molecule has 0 atom stereocenters. The van der Waals surface area contributed by atoms with E-state index < -0.39 is 17.4 Å². The minimum absolute atomic E-state index is 0.225. The zero-order valence-corrected chi connectivity index (χ0v) is 15.0. The van der Waals surface area contributed by atoms with Crippen molar-refractivity contribution in [3.05, 3.63) is 58.7 Å². The predicted molar refractivity (Wildman–Crippen MR) is 94.5 cm³/mol. The Labute approximate surface area is 158 Å². The minimum Gasteiger partial charge on any atom is -0.299 e. The van der Waals surface area contributed by atoms with Gasteiger partial charge in [-0.05, 0) is 44.0 Å². The van der Waals surface area contributed by atoms with E-state index in [0.717, 1.165) is 43.7 Å². The van der Waals surface area contributed by atoms with Crippen LogP contribution in [0.15, 0.2) is 41.6 Å². The van der Waals surface area contributed by atoms with Gasteiger partial charge in [-0.25, -0.2) is 4.98 Å². The van der Waals surface area contributed by atoms with Crippen molar-refractivity contribution in [2.75, 3.05) is 13.1 Å². The van der Waals surface area contributed by atoms with Crippen LogP contribution in [0, 0.1) is 5.92 Å². The van der Waals surface area contributed by atoms with Gasteiger partial charge in [0.2, 0.25) is 0 Å². The van der Waals surface area contributed by atoms with E-state index in [9.17, 15) is 18.0 Å². The second-order valence-corrected chi connectivity index (χ2v) is 7.03. The molecule has 4 rings (SSSR count). The van der Waals surface area contributed by atoms with Gasteiger partial charge < -0.3 is 0 Å². The Morgan fingerprint density at radius 1 is 1.14 bits per heavy atom. The van der Waals surface area contributed by atoms with Crippen LogP contribution in [0.1, 0.15) is 24.4 Å². The van der Waals surface area contributed by atoms with Crippen LogP contribution in [0.25, 0.3) is 5.65 Å². The second-order valence-electron chi connectivity index (χ2n) is 7.03. The molecule has 3 aromatic rings. The summed E-state index contributed by atoms with van der Waals surface area (Å²) in [5, 5.41) is 8.39. The van der Waals surface area contributed by atoms with Crippen molar-refractivity contribution in [3.8, 4) is 0 Å². The number of rotatable bonds is 4. The highest BCUT2D eigenvalue weighted by atomic mass is 19.4. The number of fused-ring (bicyclic) bond motifs is 1. The molecule has 0 radical (unpaired) electrons. The monoisotopic (exact) mass is 392 g/mol. The molecule has 0 aliphatic carbocycles. The Balaban J connectivity index is 1.35. The molecule has 0 amide bonds. The van der Waals surface area contributed by atoms with Crippen molar-refractivity contribution in [2.24, 2.45) is 5.92 Å². The largest absolute Gasteiger partial charge is 0.433 e. The molecule has 28 heavy (non-hydrogen) atoms. The summed E-state index contributed by atoms with van der Waals surface area (Å²) in [6.45, 7) is 2.72. The maximum Gasteiger partial charge on any atom is 0.433 e. The summed E-state index contributed by atoms with van der Waals surface area (Å²) in [5.41, 5.74) is -1.01. The van der Waals surface area contributed by atoms with E-state index in [4.69, 9.17) is 0 Å². The maximum absolute atomic E-state index is 12.6. The van der Waals surface area contributed by atoms with Crippen LogP contribution in [0.2, 0.25) is 0 Å². The third kappa shape index (κ3) is 3.91. The van der Waals surface area contributed by atoms with Gasteiger partial charge in [0.15, 0.2) is 17.2 Å². The lowest BCUT2D eigenvalue weighted by atomic mass is 9.96. The fourth-order valence-corrected chi connectivity index (χ4v) is 3.52. The summed E-state index contributed by atoms with van der Waals surface area (Å²) < 4.78 is 41.1. The standard InChI is InChI=1S/C18H19F3N6O/c19-18(20,21)14-9-17(28)26(12-22-14)10-13-4-7-25(8-5-13)11-16-24-23-15-3-1-2-6-27(15)16/h1-3,6,9,12-13H,4-5,7-8,10-11H2. The van der Waals surface area contributed by atoms with E-state index in [1.165, 1.54) is 4.57 Å². The van der Waals surface area contributed by atoms with Gasteiger partial charge in [-0.1, -0.05) is 6.07 Å². The summed E-state index contributed by atoms with van der Waals surface area (Å²) in [5.74, 6) is 1.10. The van der Waals surface area contributed by atoms with E-state index in [1.54, 1.807) is 0 Å². The topological polar surface area (TPSA) is 68.3 Å². The molecule has 0 N–H and O–H groups in total. The minimum atomic E-state index is -4.60. The van der Waals surface area contributed by atoms with Crippen LogP contribution < -0.4 is 5.56 Å². The molecular weight excluding hydrogens is 373 g/mol. The number of likely N-dealkylation sites (tertiary alicyclic amines) is 1. The zero-order valence-electron chi connectivity index (χ0n) is 15.0. The number of piperidine rings is 1. The van der Waals surface area contributed by atoms with E-state index in [0.29, 0.717) is 19.2 Å². The number of nitrogens with zero attached hydrogens (tertiary/aromatic N) is 6. The lowest BCUT2D eigenvalue weighted by molar-refractivity contribution is -0.141. The first kappa shape index (κ1) is 18.6. The predicted octanol–water partition coefficient (Wildman–Crippen LogP) is 2.22. The molecule has 1 aliphatic heterocycles.